The molecule has 2 aromatic rings. The fraction of sp³-hybridized carbons (Fsp3) is 0.0667. The molecule has 0 saturated carbocycles. The van der Waals surface area contributed by atoms with E-state index in [2.05, 4.69) is 9.99 Å². The van der Waals surface area contributed by atoms with Gasteiger partial charge >= 0.3 is 5.97 Å². The highest BCUT2D eigenvalue weighted by Gasteiger charge is 2.15. The maximum atomic E-state index is 13.5. The van der Waals surface area contributed by atoms with E-state index in [4.69, 9.17) is 0 Å². The monoisotopic (exact) mass is 311 g/mol. The summed E-state index contributed by atoms with van der Waals surface area (Å²) in [6.07, 6.45) is 0. The van der Waals surface area contributed by atoms with Crippen molar-refractivity contribution in [2.45, 2.75) is 6.92 Å². The molecule has 0 fully saturated rings. The molecular weight excluding hydrogens is 302 g/mol. The molecule has 0 atom stereocenters. The lowest BCUT2D eigenvalue weighted by Crippen LogP contribution is -2.07. The number of rotatable bonds is 3. The first-order chi connectivity index (χ1) is 10.4. The zero-order valence-electron chi connectivity index (χ0n) is 11.2. The molecule has 0 heterocycles. The standard InChI is InChI=1S/C15H9F4NO2/c1-8(11-4-2-9(16)6-13(11)18)20-22-15(21)12-5-3-10(17)7-14(12)19/h2-7H,1H3. The van der Waals surface area contributed by atoms with Gasteiger partial charge in [0.25, 0.3) is 0 Å². The molecule has 0 spiro atoms. The van der Waals surface area contributed by atoms with Gasteiger partial charge in [-0.2, -0.15) is 0 Å². The van der Waals surface area contributed by atoms with Gasteiger partial charge in [-0.1, -0.05) is 5.16 Å². The van der Waals surface area contributed by atoms with E-state index in [9.17, 15) is 22.4 Å². The molecule has 0 bridgehead atoms. The molecule has 0 aliphatic heterocycles. The van der Waals surface area contributed by atoms with Gasteiger partial charge in [-0.3, -0.25) is 0 Å². The first-order valence-electron chi connectivity index (χ1n) is 6.05. The van der Waals surface area contributed by atoms with Gasteiger partial charge in [0, 0.05) is 17.7 Å². The van der Waals surface area contributed by atoms with Crippen molar-refractivity contribution in [3.8, 4) is 0 Å². The van der Waals surface area contributed by atoms with Crippen LogP contribution in [0.3, 0.4) is 0 Å². The Labute approximate surface area is 122 Å². The van der Waals surface area contributed by atoms with Gasteiger partial charge in [-0.05, 0) is 31.2 Å². The van der Waals surface area contributed by atoms with Crippen molar-refractivity contribution in [3.05, 3.63) is 70.8 Å². The Morgan fingerprint density at radius 3 is 1.91 bits per heavy atom. The van der Waals surface area contributed by atoms with Crippen LogP contribution in [0.5, 0.6) is 0 Å². The van der Waals surface area contributed by atoms with Crippen LogP contribution in [0.1, 0.15) is 22.8 Å². The highest BCUT2D eigenvalue weighted by Crippen LogP contribution is 2.13. The molecule has 0 aliphatic carbocycles. The number of hydrogen-bond acceptors (Lipinski definition) is 3. The number of halogens is 4. The summed E-state index contributed by atoms with van der Waals surface area (Å²) in [5.41, 5.74) is -0.639. The molecule has 2 rings (SSSR count). The lowest BCUT2D eigenvalue weighted by Gasteiger charge is -2.03. The van der Waals surface area contributed by atoms with Crippen LogP contribution >= 0.6 is 0 Å². The second-order valence-electron chi connectivity index (χ2n) is 4.30. The Bertz CT molecular complexity index is 759. The maximum absolute atomic E-state index is 13.5. The Balaban J connectivity index is 2.18. The Morgan fingerprint density at radius 1 is 0.909 bits per heavy atom. The molecule has 0 N–H and O–H groups in total. The zero-order valence-corrected chi connectivity index (χ0v) is 11.2. The Kier molecular flexibility index (Phi) is 4.55. The number of oxime groups is 1. The summed E-state index contributed by atoms with van der Waals surface area (Å²) in [6.45, 7) is 1.32. The smallest absolute Gasteiger partial charge is 0.312 e. The molecular formula is C15H9F4NO2. The van der Waals surface area contributed by atoms with Crippen LogP contribution in [0, 0.1) is 23.3 Å². The van der Waals surface area contributed by atoms with Crippen LogP contribution in [0.15, 0.2) is 41.6 Å². The normalized spacial score (nSPS) is 11.4. The summed E-state index contributed by atoms with van der Waals surface area (Å²) in [4.78, 5) is 16.1. The van der Waals surface area contributed by atoms with Crippen molar-refractivity contribution < 1.29 is 27.2 Å². The third kappa shape index (κ3) is 3.49. The number of carbonyl (C=O) groups excluding carboxylic acids is 1. The maximum Gasteiger partial charge on any atom is 0.368 e. The largest absolute Gasteiger partial charge is 0.368 e. The van der Waals surface area contributed by atoms with Gasteiger partial charge in [-0.25, -0.2) is 22.4 Å². The highest BCUT2D eigenvalue weighted by atomic mass is 19.1. The van der Waals surface area contributed by atoms with E-state index >= 15 is 0 Å². The van der Waals surface area contributed by atoms with Crippen LogP contribution in [0.4, 0.5) is 17.6 Å². The van der Waals surface area contributed by atoms with Gasteiger partial charge in [0.15, 0.2) is 0 Å². The minimum absolute atomic E-state index is 0.0478. The fourth-order valence-electron chi connectivity index (χ4n) is 1.65. The van der Waals surface area contributed by atoms with E-state index in [0.29, 0.717) is 12.1 Å². The third-order valence-corrected chi connectivity index (χ3v) is 2.74. The molecule has 0 unspecified atom stereocenters. The molecule has 3 nitrogen and oxygen atoms in total. The molecule has 114 valence electrons. The Morgan fingerprint density at radius 2 is 1.41 bits per heavy atom. The van der Waals surface area contributed by atoms with Crippen molar-refractivity contribution >= 4 is 11.7 Å². The lowest BCUT2D eigenvalue weighted by molar-refractivity contribution is 0.0511. The third-order valence-electron chi connectivity index (χ3n) is 2.74. The van der Waals surface area contributed by atoms with E-state index in [1.165, 1.54) is 6.92 Å². The molecule has 2 aromatic carbocycles. The minimum Gasteiger partial charge on any atom is -0.312 e. The van der Waals surface area contributed by atoms with Crippen LogP contribution in [-0.2, 0) is 4.84 Å². The Hall–Kier alpha value is -2.70. The van der Waals surface area contributed by atoms with E-state index in [-0.39, 0.29) is 11.3 Å². The highest BCUT2D eigenvalue weighted by molar-refractivity contribution is 5.99. The summed E-state index contributed by atoms with van der Waals surface area (Å²) in [6, 6.07) is 5.09. The first kappa shape index (κ1) is 15.7. The van der Waals surface area contributed by atoms with Crippen LogP contribution in [0.2, 0.25) is 0 Å². The number of nitrogens with zero attached hydrogens (tertiary/aromatic N) is 1. The predicted octanol–water partition coefficient (Wildman–Crippen LogP) is 3.82. The molecule has 7 heteroatoms. The van der Waals surface area contributed by atoms with Gasteiger partial charge in [0.2, 0.25) is 0 Å². The quantitative estimate of drug-likeness (QED) is 0.374. The van der Waals surface area contributed by atoms with Gasteiger partial charge in [0.1, 0.15) is 23.3 Å². The second-order valence-corrected chi connectivity index (χ2v) is 4.30. The van der Waals surface area contributed by atoms with Crippen LogP contribution < -0.4 is 0 Å². The molecule has 22 heavy (non-hydrogen) atoms. The van der Waals surface area contributed by atoms with E-state index in [1.807, 2.05) is 0 Å². The average Bonchev–Trinajstić information content (AvgIpc) is 2.44. The average molecular weight is 311 g/mol. The first-order valence-corrected chi connectivity index (χ1v) is 6.05. The minimum atomic E-state index is -1.17. The summed E-state index contributed by atoms with van der Waals surface area (Å²) >= 11 is 0. The summed E-state index contributed by atoms with van der Waals surface area (Å²) in [5.74, 6) is -4.77. The molecule has 0 amide bonds. The molecule has 0 aliphatic rings. The van der Waals surface area contributed by atoms with Crippen molar-refractivity contribution in [1.29, 1.82) is 0 Å². The summed E-state index contributed by atoms with van der Waals surface area (Å²) in [7, 11) is 0. The SMILES string of the molecule is CC(=NOC(=O)c1ccc(F)cc1F)c1ccc(F)cc1F. The number of hydrogen-bond donors (Lipinski definition) is 0. The van der Waals surface area contributed by atoms with E-state index < -0.39 is 34.8 Å². The van der Waals surface area contributed by atoms with Crippen molar-refractivity contribution in [3.63, 3.8) is 0 Å². The summed E-state index contributed by atoms with van der Waals surface area (Å²) < 4.78 is 52.4. The number of benzene rings is 2. The van der Waals surface area contributed by atoms with Crippen molar-refractivity contribution in [2.24, 2.45) is 5.16 Å². The number of carbonyl (C=O) groups is 1. The second kappa shape index (κ2) is 6.38. The van der Waals surface area contributed by atoms with Crippen molar-refractivity contribution in [2.75, 3.05) is 0 Å². The van der Waals surface area contributed by atoms with Gasteiger partial charge in [0.05, 0.1) is 11.3 Å². The summed E-state index contributed by atoms with van der Waals surface area (Å²) in [5, 5.41) is 3.37. The molecule has 0 radical (unpaired) electrons. The van der Waals surface area contributed by atoms with Crippen LogP contribution in [-0.4, -0.2) is 11.7 Å². The van der Waals surface area contributed by atoms with Crippen LogP contribution in [0.25, 0.3) is 0 Å². The zero-order chi connectivity index (χ0) is 16.3. The fourth-order valence-corrected chi connectivity index (χ4v) is 1.65. The van der Waals surface area contributed by atoms with Crippen molar-refractivity contribution in [1.82, 2.24) is 0 Å². The predicted molar refractivity (Wildman–Crippen MR) is 70.3 cm³/mol. The molecule has 0 saturated heterocycles. The van der Waals surface area contributed by atoms with E-state index in [0.717, 1.165) is 24.3 Å². The lowest BCUT2D eigenvalue weighted by atomic mass is 10.1. The topological polar surface area (TPSA) is 38.7 Å². The van der Waals surface area contributed by atoms with E-state index in [1.54, 1.807) is 0 Å². The van der Waals surface area contributed by atoms with Gasteiger partial charge < -0.3 is 4.84 Å². The van der Waals surface area contributed by atoms with Gasteiger partial charge in [-0.15, -0.1) is 0 Å². The molecule has 0 aromatic heterocycles.